The second-order valence-electron chi connectivity index (χ2n) is 6.47. The van der Waals surface area contributed by atoms with Crippen LogP contribution in [0.3, 0.4) is 0 Å². The summed E-state index contributed by atoms with van der Waals surface area (Å²) in [4.78, 5) is 12.5. The van der Waals surface area contributed by atoms with Crippen molar-refractivity contribution in [1.29, 1.82) is 0 Å². The molecule has 1 saturated carbocycles. The van der Waals surface area contributed by atoms with E-state index in [0.717, 1.165) is 31.4 Å². The Kier molecular flexibility index (Phi) is 5.35. The molecular weight excluding hydrogens is 296 g/mol. The van der Waals surface area contributed by atoms with Gasteiger partial charge in [-0.2, -0.15) is 0 Å². The van der Waals surface area contributed by atoms with Crippen molar-refractivity contribution in [3.05, 3.63) is 23.5 Å². The summed E-state index contributed by atoms with van der Waals surface area (Å²) in [6.45, 7) is 4.49. The third-order valence-corrected chi connectivity index (χ3v) is 4.82. The van der Waals surface area contributed by atoms with Gasteiger partial charge in [0.05, 0.1) is 50.2 Å². The van der Waals surface area contributed by atoms with Crippen LogP contribution in [0.25, 0.3) is 0 Å². The zero-order valence-corrected chi connectivity index (χ0v) is 13.7. The SMILES string of the molecule is Cc1c(C(=O)N[C@@H]2CCCC[C@H]2O)ccn1CC1COCCO1. The first-order valence-corrected chi connectivity index (χ1v) is 8.49. The molecule has 6 nitrogen and oxygen atoms in total. The summed E-state index contributed by atoms with van der Waals surface area (Å²) in [6, 6.07) is 1.71. The second-order valence-corrected chi connectivity index (χ2v) is 6.47. The molecule has 2 aliphatic rings. The number of aliphatic hydroxyl groups excluding tert-OH is 1. The summed E-state index contributed by atoms with van der Waals surface area (Å²) in [5.74, 6) is -0.104. The van der Waals surface area contributed by atoms with Crippen molar-refractivity contribution in [2.75, 3.05) is 19.8 Å². The van der Waals surface area contributed by atoms with Crippen LogP contribution in [-0.2, 0) is 16.0 Å². The number of ether oxygens (including phenoxy) is 2. The number of carbonyl (C=O) groups excluding carboxylic acids is 1. The van der Waals surface area contributed by atoms with Crippen LogP contribution >= 0.6 is 0 Å². The highest BCUT2D eigenvalue weighted by molar-refractivity contribution is 5.95. The van der Waals surface area contributed by atoms with E-state index in [1.54, 1.807) is 0 Å². The first kappa shape index (κ1) is 16.5. The van der Waals surface area contributed by atoms with Gasteiger partial charge in [-0.15, -0.1) is 0 Å². The van der Waals surface area contributed by atoms with Crippen LogP contribution in [0, 0.1) is 6.92 Å². The number of amides is 1. The predicted molar refractivity (Wildman–Crippen MR) is 85.5 cm³/mol. The maximum Gasteiger partial charge on any atom is 0.253 e. The lowest BCUT2D eigenvalue weighted by molar-refractivity contribution is -0.0937. The van der Waals surface area contributed by atoms with Crippen molar-refractivity contribution >= 4 is 5.91 Å². The number of nitrogens with zero attached hydrogens (tertiary/aromatic N) is 1. The van der Waals surface area contributed by atoms with Crippen LogP contribution in [-0.4, -0.2) is 53.7 Å². The molecule has 3 atom stereocenters. The van der Waals surface area contributed by atoms with Crippen molar-refractivity contribution < 1.29 is 19.4 Å². The highest BCUT2D eigenvalue weighted by atomic mass is 16.6. The lowest BCUT2D eigenvalue weighted by Crippen LogP contribution is -2.45. The molecule has 0 radical (unpaired) electrons. The number of hydrogen-bond donors (Lipinski definition) is 2. The van der Waals surface area contributed by atoms with Crippen LogP contribution in [0.1, 0.15) is 41.7 Å². The van der Waals surface area contributed by atoms with Gasteiger partial charge >= 0.3 is 0 Å². The van der Waals surface area contributed by atoms with Gasteiger partial charge in [-0.3, -0.25) is 4.79 Å². The maximum atomic E-state index is 12.5. The lowest BCUT2D eigenvalue weighted by Gasteiger charge is -2.28. The van der Waals surface area contributed by atoms with E-state index in [2.05, 4.69) is 5.32 Å². The van der Waals surface area contributed by atoms with Crippen molar-refractivity contribution in [2.45, 2.75) is 57.4 Å². The van der Waals surface area contributed by atoms with E-state index >= 15 is 0 Å². The summed E-state index contributed by atoms with van der Waals surface area (Å²) in [5.41, 5.74) is 1.58. The van der Waals surface area contributed by atoms with Crippen LogP contribution in [0.2, 0.25) is 0 Å². The molecule has 2 fully saturated rings. The number of hydrogen-bond acceptors (Lipinski definition) is 4. The van der Waals surface area contributed by atoms with Crippen molar-refractivity contribution in [3.8, 4) is 0 Å². The van der Waals surface area contributed by atoms with Gasteiger partial charge in [0.15, 0.2) is 0 Å². The predicted octanol–water partition coefficient (Wildman–Crippen LogP) is 1.25. The number of nitrogens with one attached hydrogen (secondary N) is 1. The minimum Gasteiger partial charge on any atom is -0.391 e. The molecule has 1 aliphatic heterocycles. The smallest absolute Gasteiger partial charge is 0.253 e. The van der Waals surface area contributed by atoms with E-state index in [4.69, 9.17) is 9.47 Å². The number of aromatic nitrogens is 1. The molecule has 1 unspecified atom stereocenters. The Balaban J connectivity index is 1.62. The Morgan fingerprint density at radius 3 is 2.96 bits per heavy atom. The molecular formula is C17H26N2O4. The largest absolute Gasteiger partial charge is 0.391 e. The molecule has 0 aromatic carbocycles. The molecule has 1 aromatic rings. The van der Waals surface area contributed by atoms with Crippen LogP contribution in [0.5, 0.6) is 0 Å². The minimum atomic E-state index is -0.428. The standard InChI is InChI=1S/C17H26N2O4/c1-12-14(17(21)18-15-4-2-3-5-16(15)20)6-7-19(12)10-13-11-22-8-9-23-13/h6-7,13,15-16,20H,2-5,8-11H2,1H3,(H,18,21)/t13?,15-,16-/m1/s1. The Morgan fingerprint density at radius 2 is 2.22 bits per heavy atom. The zero-order valence-electron chi connectivity index (χ0n) is 13.7. The summed E-state index contributed by atoms with van der Waals surface area (Å²) in [6.07, 6.45) is 5.23. The maximum absolute atomic E-state index is 12.5. The normalized spacial score (nSPS) is 28.5. The van der Waals surface area contributed by atoms with E-state index in [-0.39, 0.29) is 18.1 Å². The highest BCUT2D eigenvalue weighted by Gasteiger charge is 2.26. The molecule has 3 rings (SSSR count). The van der Waals surface area contributed by atoms with Crippen LogP contribution < -0.4 is 5.32 Å². The Morgan fingerprint density at radius 1 is 1.39 bits per heavy atom. The number of aliphatic hydroxyl groups is 1. The average Bonchev–Trinajstić information content (AvgIpc) is 2.92. The fourth-order valence-corrected chi connectivity index (χ4v) is 3.38. The molecule has 1 aliphatic carbocycles. The second kappa shape index (κ2) is 7.47. The quantitative estimate of drug-likeness (QED) is 0.875. The molecule has 0 bridgehead atoms. The Labute approximate surface area is 136 Å². The highest BCUT2D eigenvalue weighted by Crippen LogP contribution is 2.20. The van der Waals surface area contributed by atoms with Crippen molar-refractivity contribution in [1.82, 2.24) is 9.88 Å². The van der Waals surface area contributed by atoms with Crippen molar-refractivity contribution in [2.24, 2.45) is 0 Å². The van der Waals surface area contributed by atoms with Gasteiger partial charge in [0.2, 0.25) is 0 Å². The van der Waals surface area contributed by atoms with Crippen LogP contribution in [0.4, 0.5) is 0 Å². The van der Waals surface area contributed by atoms with E-state index in [9.17, 15) is 9.90 Å². The number of rotatable bonds is 4. The summed E-state index contributed by atoms with van der Waals surface area (Å²) >= 11 is 0. The van der Waals surface area contributed by atoms with E-state index < -0.39 is 6.10 Å². The topological polar surface area (TPSA) is 72.7 Å². The third kappa shape index (κ3) is 3.94. The Hall–Kier alpha value is -1.37. The van der Waals surface area contributed by atoms with Gasteiger partial charge in [-0.05, 0) is 25.8 Å². The van der Waals surface area contributed by atoms with Crippen LogP contribution in [0.15, 0.2) is 12.3 Å². The average molecular weight is 322 g/mol. The van der Waals surface area contributed by atoms with Gasteiger partial charge in [-0.1, -0.05) is 12.8 Å². The van der Waals surface area contributed by atoms with E-state index in [1.807, 2.05) is 23.8 Å². The minimum absolute atomic E-state index is 0.0333. The van der Waals surface area contributed by atoms with Gasteiger partial charge in [0.25, 0.3) is 5.91 Å². The van der Waals surface area contributed by atoms with Gasteiger partial charge < -0.3 is 24.5 Å². The molecule has 23 heavy (non-hydrogen) atoms. The van der Waals surface area contributed by atoms with Crippen molar-refractivity contribution in [3.63, 3.8) is 0 Å². The summed E-state index contributed by atoms with van der Waals surface area (Å²) < 4.78 is 13.1. The lowest BCUT2D eigenvalue weighted by atomic mass is 9.92. The molecule has 6 heteroatoms. The number of carbonyl (C=O) groups is 1. The van der Waals surface area contributed by atoms with Gasteiger partial charge in [-0.25, -0.2) is 0 Å². The third-order valence-electron chi connectivity index (χ3n) is 4.82. The fraction of sp³-hybridized carbons (Fsp3) is 0.706. The molecule has 2 N–H and O–H groups in total. The summed E-state index contributed by atoms with van der Waals surface area (Å²) in [7, 11) is 0. The Bertz CT molecular complexity index is 537. The molecule has 2 heterocycles. The van der Waals surface area contributed by atoms with E-state index in [0.29, 0.717) is 31.9 Å². The monoisotopic (exact) mass is 322 g/mol. The molecule has 128 valence electrons. The first-order valence-electron chi connectivity index (χ1n) is 8.49. The molecule has 1 saturated heterocycles. The molecule has 1 aromatic heterocycles. The molecule has 0 spiro atoms. The van der Waals surface area contributed by atoms with Gasteiger partial charge in [0, 0.05) is 11.9 Å². The van der Waals surface area contributed by atoms with Gasteiger partial charge in [0.1, 0.15) is 0 Å². The molecule has 1 amide bonds. The fourth-order valence-electron chi connectivity index (χ4n) is 3.38. The first-order chi connectivity index (χ1) is 11.1. The van der Waals surface area contributed by atoms with E-state index in [1.165, 1.54) is 0 Å². The zero-order chi connectivity index (χ0) is 16.2. The summed E-state index contributed by atoms with van der Waals surface area (Å²) in [5, 5.41) is 13.0.